The molecule has 1 N–H and O–H groups in total. The molecule has 1 rings (SSSR count). The van der Waals surface area contributed by atoms with E-state index in [0.29, 0.717) is 5.56 Å². The predicted octanol–water partition coefficient (Wildman–Crippen LogP) is 2.98. The Balaban J connectivity index is 3.16. The molecule has 0 saturated carbocycles. The highest BCUT2D eigenvalue weighted by Crippen LogP contribution is 2.15. The van der Waals surface area contributed by atoms with Gasteiger partial charge in [-0.2, -0.15) is 0 Å². The summed E-state index contributed by atoms with van der Waals surface area (Å²) in [6.45, 7) is 5.69. The van der Waals surface area contributed by atoms with Crippen LogP contribution >= 0.6 is 0 Å². The zero-order valence-electron chi connectivity index (χ0n) is 8.29. The third-order valence-corrected chi connectivity index (χ3v) is 2.11. The van der Waals surface area contributed by atoms with Gasteiger partial charge in [-0.25, -0.2) is 4.79 Å². The molecule has 0 heterocycles. The fraction of sp³-hybridized carbons (Fsp3) is 0.250. The molecule has 2 nitrogen and oxygen atoms in total. The van der Waals surface area contributed by atoms with Crippen LogP contribution in [0.15, 0.2) is 24.8 Å². The first-order chi connectivity index (χ1) is 6.69. The van der Waals surface area contributed by atoms with E-state index in [1.165, 1.54) is 0 Å². The number of rotatable bonds is 4. The lowest BCUT2D eigenvalue weighted by Crippen LogP contribution is -2.02. The van der Waals surface area contributed by atoms with E-state index in [2.05, 4.69) is 6.58 Å². The highest BCUT2D eigenvalue weighted by molar-refractivity contribution is 5.89. The first kappa shape index (κ1) is 10.5. The molecule has 0 aliphatic rings. The van der Waals surface area contributed by atoms with Crippen molar-refractivity contribution in [1.82, 2.24) is 0 Å². The molecular formula is C12H14O2. The number of hydrogen-bond acceptors (Lipinski definition) is 1. The largest absolute Gasteiger partial charge is 0.478 e. The van der Waals surface area contributed by atoms with E-state index in [-0.39, 0.29) is 0 Å². The number of carboxylic acids is 1. The molecule has 1 aromatic rings. The predicted molar refractivity (Wildman–Crippen MR) is 57.5 cm³/mol. The van der Waals surface area contributed by atoms with Crippen molar-refractivity contribution < 1.29 is 9.90 Å². The minimum Gasteiger partial charge on any atom is -0.478 e. The van der Waals surface area contributed by atoms with Crippen molar-refractivity contribution in [1.29, 1.82) is 0 Å². The third-order valence-electron chi connectivity index (χ3n) is 2.11. The van der Waals surface area contributed by atoms with Gasteiger partial charge in [-0.1, -0.05) is 38.1 Å². The first-order valence-electron chi connectivity index (χ1n) is 4.67. The van der Waals surface area contributed by atoms with Crippen LogP contribution in [0.4, 0.5) is 0 Å². The van der Waals surface area contributed by atoms with E-state index in [1.807, 2.05) is 13.0 Å². The lowest BCUT2D eigenvalue weighted by molar-refractivity contribution is 0.0695. The molecule has 0 aliphatic carbocycles. The fourth-order valence-corrected chi connectivity index (χ4v) is 1.43. The summed E-state index contributed by atoms with van der Waals surface area (Å²) in [4.78, 5) is 10.9. The van der Waals surface area contributed by atoms with Crippen LogP contribution in [-0.4, -0.2) is 11.1 Å². The average Bonchev–Trinajstić information content (AvgIpc) is 2.17. The Bertz CT molecular complexity index is 353. The van der Waals surface area contributed by atoms with Gasteiger partial charge in [-0.3, -0.25) is 0 Å². The van der Waals surface area contributed by atoms with Crippen molar-refractivity contribution in [3.05, 3.63) is 41.5 Å². The van der Waals surface area contributed by atoms with Gasteiger partial charge >= 0.3 is 5.97 Å². The number of hydrogen-bond donors (Lipinski definition) is 1. The van der Waals surface area contributed by atoms with Gasteiger partial charge in [0.1, 0.15) is 0 Å². The number of aryl methyl sites for hydroxylation is 1. The summed E-state index contributed by atoms with van der Waals surface area (Å²) in [5.41, 5.74) is 2.26. The Morgan fingerprint density at radius 1 is 1.57 bits per heavy atom. The van der Waals surface area contributed by atoms with E-state index >= 15 is 0 Å². The lowest BCUT2D eigenvalue weighted by atomic mass is 10.0. The van der Waals surface area contributed by atoms with Crippen molar-refractivity contribution in [2.75, 3.05) is 0 Å². The number of aromatic carboxylic acids is 1. The summed E-state index contributed by atoms with van der Waals surface area (Å²) in [5, 5.41) is 8.93. The van der Waals surface area contributed by atoms with E-state index in [0.717, 1.165) is 24.0 Å². The van der Waals surface area contributed by atoms with Gasteiger partial charge in [0.15, 0.2) is 0 Å². The quantitative estimate of drug-likeness (QED) is 0.792. The van der Waals surface area contributed by atoms with Crippen molar-refractivity contribution >= 4 is 12.0 Å². The molecule has 2 heteroatoms. The summed E-state index contributed by atoms with van der Waals surface area (Å²) in [7, 11) is 0. The second-order valence-corrected chi connectivity index (χ2v) is 3.18. The van der Waals surface area contributed by atoms with Gasteiger partial charge in [0.05, 0.1) is 5.56 Å². The van der Waals surface area contributed by atoms with E-state index in [4.69, 9.17) is 5.11 Å². The fourth-order valence-electron chi connectivity index (χ4n) is 1.43. The average molecular weight is 190 g/mol. The standard InChI is InChI=1S/C12H14O2/c1-3-5-10-8-9(4-2)6-7-11(10)12(13)14/h4,6-8H,2-3,5H2,1H3,(H,13,14). The van der Waals surface area contributed by atoms with Gasteiger partial charge in [0.2, 0.25) is 0 Å². The molecule has 0 bridgehead atoms. The highest BCUT2D eigenvalue weighted by Gasteiger charge is 2.08. The van der Waals surface area contributed by atoms with Gasteiger partial charge in [0, 0.05) is 0 Å². The van der Waals surface area contributed by atoms with Crippen LogP contribution in [0, 0.1) is 0 Å². The summed E-state index contributed by atoms with van der Waals surface area (Å²) in [6.07, 6.45) is 3.47. The van der Waals surface area contributed by atoms with Crippen molar-refractivity contribution in [2.24, 2.45) is 0 Å². The second kappa shape index (κ2) is 4.61. The Morgan fingerprint density at radius 2 is 2.29 bits per heavy atom. The Morgan fingerprint density at radius 3 is 2.79 bits per heavy atom. The molecule has 0 amide bonds. The van der Waals surface area contributed by atoms with Crippen LogP contribution in [-0.2, 0) is 6.42 Å². The molecular weight excluding hydrogens is 176 g/mol. The van der Waals surface area contributed by atoms with Gasteiger partial charge in [-0.15, -0.1) is 0 Å². The molecule has 0 fully saturated rings. The van der Waals surface area contributed by atoms with Crippen molar-refractivity contribution in [3.63, 3.8) is 0 Å². The van der Waals surface area contributed by atoms with Gasteiger partial charge in [-0.05, 0) is 23.6 Å². The molecule has 0 radical (unpaired) electrons. The minimum absolute atomic E-state index is 0.400. The Labute approximate surface area is 83.9 Å². The first-order valence-corrected chi connectivity index (χ1v) is 4.67. The number of carboxylic acid groups (broad SMARTS) is 1. The van der Waals surface area contributed by atoms with Crippen LogP contribution < -0.4 is 0 Å². The lowest BCUT2D eigenvalue weighted by Gasteiger charge is -2.05. The minimum atomic E-state index is -0.857. The van der Waals surface area contributed by atoms with Crippen molar-refractivity contribution in [2.45, 2.75) is 19.8 Å². The van der Waals surface area contributed by atoms with Crippen LogP contribution in [0.1, 0.15) is 34.8 Å². The van der Waals surface area contributed by atoms with Crippen LogP contribution in [0.25, 0.3) is 6.08 Å². The van der Waals surface area contributed by atoms with Crippen LogP contribution in [0.3, 0.4) is 0 Å². The molecule has 1 aromatic carbocycles. The van der Waals surface area contributed by atoms with Gasteiger partial charge in [0.25, 0.3) is 0 Å². The maximum absolute atomic E-state index is 10.9. The normalized spacial score (nSPS) is 9.79. The molecule has 74 valence electrons. The maximum Gasteiger partial charge on any atom is 0.335 e. The molecule has 0 unspecified atom stereocenters. The van der Waals surface area contributed by atoms with Crippen molar-refractivity contribution in [3.8, 4) is 0 Å². The number of benzene rings is 1. The highest BCUT2D eigenvalue weighted by atomic mass is 16.4. The smallest absolute Gasteiger partial charge is 0.335 e. The zero-order chi connectivity index (χ0) is 10.6. The van der Waals surface area contributed by atoms with E-state index in [9.17, 15) is 4.79 Å². The molecule has 0 atom stereocenters. The van der Waals surface area contributed by atoms with E-state index < -0.39 is 5.97 Å². The topological polar surface area (TPSA) is 37.3 Å². The monoisotopic (exact) mass is 190 g/mol. The maximum atomic E-state index is 10.9. The molecule has 0 spiro atoms. The van der Waals surface area contributed by atoms with Crippen LogP contribution in [0.5, 0.6) is 0 Å². The Hall–Kier alpha value is -1.57. The third kappa shape index (κ3) is 2.22. The Kier molecular flexibility index (Phi) is 3.46. The zero-order valence-corrected chi connectivity index (χ0v) is 8.29. The second-order valence-electron chi connectivity index (χ2n) is 3.18. The number of carbonyl (C=O) groups is 1. The summed E-state index contributed by atoms with van der Waals surface area (Å²) < 4.78 is 0. The summed E-state index contributed by atoms with van der Waals surface area (Å²) in [5.74, 6) is -0.857. The molecule has 0 aromatic heterocycles. The SMILES string of the molecule is C=Cc1ccc(C(=O)O)c(CCC)c1. The van der Waals surface area contributed by atoms with Gasteiger partial charge < -0.3 is 5.11 Å². The summed E-state index contributed by atoms with van der Waals surface area (Å²) in [6, 6.07) is 5.31. The summed E-state index contributed by atoms with van der Waals surface area (Å²) >= 11 is 0. The molecule has 14 heavy (non-hydrogen) atoms. The molecule has 0 saturated heterocycles. The molecule has 0 aliphatic heterocycles. The van der Waals surface area contributed by atoms with E-state index in [1.54, 1.807) is 18.2 Å². The van der Waals surface area contributed by atoms with Crippen LogP contribution in [0.2, 0.25) is 0 Å².